The number of anilines is 1. The zero-order valence-corrected chi connectivity index (χ0v) is 9.49. The Hall–Kier alpha value is -1.55. The Morgan fingerprint density at radius 2 is 2.06 bits per heavy atom. The van der Waals surface area contributed by atoms with Crippen LogP contribution < -0.4 is 11.1 Å². The molecular formula is C12H17N3O. The number of benzene rings is 1. The minimum absolute atomic E-state index is 0.0892. The second-order valence-corrected chi connectivity index (χ2v) is 4.12. The molecule has 0 aromatic heterocycles. The molecule has 1 amide bonds. The van der Waals surface area contributed by atoms with Crippen molar-refractivity contribution in [1.82, 2.24) is 10.2 Å². The Morgan fingerprint density at radius 1 is 1.38 bits per heavy atom. The first-order valence-corrected chi connectivity index (χ1v) is 5.54. The fourth-order valence-electron chi connectivity index (χ4n) is 1.91. The highest BCUT2D eigenvalue weighted by Crippen LogP contribution is 2.15. The van der Waals surface area contributed by atoms with Gasteiger partial charge >= 0.3 is 0 Å². The highest BCUT2D eigenvalue weighted by atomic mass is 16.2. The van der Waals surface area contributed by atoms with Crippen LogP contribution in [0, 0.1) is 6.92 Å². The van der Waals surface area contributed by atoms with Crippen LogP contribution in [-0.4, -0.2) is 37.0 Å². The zero-order chi connectivity index (χ0) is 11.5. The second-order valence-electron chi connectivity index (χ2n) is 4.12. The van der Waals surface area contributed by atoms with Crippen molar-refractivity contribution in [3.05, 3.63) is 29.3 Å². The largest absolute Gasteiger partial charge is 0.399 e. The van der Waals surface area contributed by atoms with Crippen LogP contribution in [0.1, 0.15) is 15.9 Å². The number of piperazine rings is 1. The summed E-state index contributed by atoms with van der Waals surface area (Å²) in [7, 11) is 0. The monoisotopic (exact) mass is 219 g/mol. The van der Waals surface area contributed by atoms with Gasteiger partial charge in [0.05, 0.1) is 0 Å². The molecule has 0 radical (unpaired) electrons. The molecule has 1 aromatic carbocycles. The number of hydrogen-bond acceptors (Lipinski definition) is 3. The fraction of sp³-hybridized carbons (Fsp3) is 0.417. The zero-order valence-electron chi connectivity index (χ0n) is 9.49. The molecule has 16 heavy (non-hydrogen) atoms. The number of aryl methyl sites for hydroxylation is 1. The number of rotatable bonds is 1. The van der Waals surface area contributed by atoms with E-state index in [0.717, 1.165) is 37.3 Å². The van der Waals surface area contributed by atoms with Gasteiger partial charge in [0.1, 0.15) is 0 Å². The summed E-state index contributed by atoms with van der Waals surface area (Å²) in [6, 6.07) is 5.48. The quantitative estimate of drug-likeness (QED) is 0.681. The number of hydrogen-bond donors (Lipinski definition) is 2. The van der Waals surface area contributed by atoms with Gasteiger partial charge in [0.15, 0.2) is 0 Å². The van der Waals surface area contributed by atoms with Gasteiger partial charge in [-0.3, -0.25) is 4.79 Å². The van der Waals surface area contributed by atoms with Crippen molar-refractivity contribution < 1.29 is 4.79 Å². The molecule has 0 saturated carbocycles. The van der Waals surface area contributed by atoms with Crippen LogP contribution in [0.15, 0.2) is 18.2 Å². The van der Waals surface area contributed by atoms with Crippen LogP contribution in [0.3, 0.4) is 0 Å². The summed E-state index contributed by atoms with van der Waals surface area (Å²) in [5.74, 6) is 0.0892. The number of carbonyl (C=O) groups excluding carboxylic acids is 1. The summed E-state index contributed by atoms with van der Waals surface area (Å²) in [6.45, 7) is 5.22. The molecule has 1 aliphatic heterocycles. The lowest BCUT2D eigenvalue weighted by Gasteiger charge is -2.28. The lowest BCUT2D eigenvalue weighted by Crippen LogP contribution is -2.46. The summed E-state index contributed by atoms with van der Waals surface area (Å²) in [5, 5.41) is 3.23. The molecule has 1 saturated heterocycles. The normalized spacial score (nSPS) is 16.2. The molecule has 86 valence electrons. The van der Waals surface area contributed by atoms with E-state index >= 15 is 0 Å². The summed E-state index contributed by atoms with van der Waals surface area (Å²) < 4.78 is 0. The van der Waals surface area contributed by atoms with E-state index in [1.165, 1.54) is 0 Å². The molecule has 1 aliphatic rings. The Labute approximate surface area is 95.4 Å². The summed E-state index contributed by atoms with van der Waals surface area (Å²) in [4.78, 5) is 14.1. The van der Waals surface area contributed by atoms with Crippen LogP contribution >= 0.6 is 0 Å². The number of nitrogen functional groups attached to an aromatic ring is 1. The van der Waals surface area contributed by atoms with Crippen molar-refractivity contribution in [2.45, 2.75) is 6.92 Å². The van der Waals surface area contributed by atoms with E-state index in [4.69, 9.17) is 5.73 Å². The minimum atomic E-state index is 0.0892. The predicted octanol–water partition coefficient (Wildman–Crippen LogP) is 0.623. The Kier molecular flexibility index (Phi) is 3.10. The number of carbonyl (C=O) groups is 1. The second kappa shape index (κ2) is 4.53. The molecule has 0 aliphatic carbocycles. The molecule has 0 atom stereocenters. The fourth-order valence-corrected chi connectivity index (χ4v) is 1.91. The third-order valence-corrected chi connectivity index (χ3v) is 2.90. The first-order valence-electron chi connectivity index (χ1n) is 5.54. The molecular weight excluding hydrogens is 202 g/mol. The van der Waals surface area contributed by atoms with Crippen molar-refractivity contribution in [1.29, 1.82) is 0 Å². The van der Waals surface area contributed by atoms with Gasteiger partial charge in [0.2, 0.25) is 0 Å². The minimum Gasteiger partial charge on any atom is -0.399 e. The first-order chi connectivity index (χ1) is 7.68. The van der Waals surface area contributed by atoms with Crippen LogP contribution in [0.2, 0.25) is 0 Å². The van der Waals surface area contributed by atoms with Crippen molar-refractivity contribution >= 4 is 11.6 Å². The molecule has 0 unspecified atom stereocenters. The maximum Gasteiger partial charge on any atom is 0.254 e. The third kappa shape index (κ3) is 2.17. The SMILES string of the molecule is Cc1ccc(N)cc1C(=O)N1CCNCC1. The van der Waals surface area contributed by atoms with E-state index in [-0.39, 0.29) is 5.91 Å². The lowest BCUT2D eigenvalue weighted by molar-refractivity contribution is 0.0735. The standard InChI is InChI=1S/C12H17N3O/c1-9-2-3-10(13)8-11(9)12(16)15-6-4-14-5-7-15/h2-3,8,14H,4-7,13H2,1H3. The van der Waals surface area contributed by atoms with Crippen LogP contribution in [0.4, 0.5) is 5.69 Å². The molecule has 1 heterocycles. The van der Waals surface area contributed by atoms with Crippen molar-refractivity contribution in [3.63, 3.8) is 0 Å². The van der Waals surface area contributed by atoms with Crippen molar-refractivity contribution in [3.8, 4) is 0 Å². The van der Waals surface area contributed by atoms with Crippen LogP contribution in [-0.2, 0) is 0 Å². The topological polar surface area (TPSA) is 58.4 Å². The van der Waals surface area contributed by atoms with E-state index in [0.29, 0.717) is 5.69 Å². The Morgan fingerprint density at radius 3 is 2.75 bits per heavy atom. The number of nitrogens with two attached hydrogens (primary N) is 1. The molecule has 0 bridgehead atoms. The van der Waals surface area contributed by atoms with E-state index < -0.39 is 0 Å². The predicted molar refractivity (Wildman–Crippen MR) is 64.4 cm³/mol. The van der Waals surface area contributed by atoms with E-state index in [1.54, 1.807) is 6.07 Å². The van der Waals surface area contributed by atoms with Crippen LogP contribution in [0.25, 0.3) is 0 Å². The molecule has 4 heteroatoms. The summed E-state index contributed by atoms with van der Waals surface area (Å²) >= 11 is 0. The van der Waals surface area contributed by atoms with Gasteiger partial charge in [-0.2, -0.15) is 0 Å². The molecule has 1 aromatic rings. The number of amides is 1. The van der Waals surface area contributed by atoms with Crippen LogP contribution in [0.5, 0.6) is 0 Å². The first kappa shape index (κ1) is 11.0. The van der Waals surface area contributed by atoms with E-state index in [2.05, 4.69) is 5.32 Å². The number of nitrogens with zero attached hydrogens (tertiary/aromatic N) is 1. The van der Waals surface area contributed by atoms with Crippen molar-refractivity contribution in [2.75, 3.05) is 31.9 Å². The van der Waals surface area contributed by atoms with Gasteiger partial charge in [0, 0.05) is 37.4 Å². The molecule has 1 fully saturated rings. The lowest BCUT2D eigenvalue weighted by atomic mass is 10.1. The molecule has 4 nitrogen and oxygen atoms in total. The summed E-state index contributed by atoms with van der Waals surface area (Å²) in [5.41, 5.74) is 8.06. The number of nitrogens with one attached hydrogen (secondary N) is 1. The van der Waals surface area contributed by atoms with Gasteiger partial charge in [-0.15, -0.1) is 0 Å². The van der Waals surface area contributed by atoms with Crippen molar-refractivity contribution in [2.24, 2.45) is 0 Å². The van der Waals surface area contributed by atoms with E-state index in [9.17, 15) is 4.79 Å². The Balaban J connectivity index is 2.22. The van der Waals surface area contributed by atoms with Gasteiger partial charge in [0.25, 0.3) is 5.91 Å². The highest BCUT2D eigenvalue weighted by Gasteiger charge is 2.19. The van der Waals surface area contributed by atoms with Gasteiger partial charge < -0.3 is 16.0 Å². The maximum atomic E-state index is 12.2. The van der Waals surface area contributed by atoms with Gasteiger partial charge in [-0.25, -0.2) is 0 Å². The maximum absolute atomic E-state index is 12.2. The molecule has 3 N–H and O–H groups in total. The average Bonchev–Trinajstić information content (AvgIpc) is 2.32. The average molecular weight is 219 g/mol. The molecule has 2 rings (SSSR count). The third-order valence-electron chi connectivity index (χ3n) is 2.90. The summed E-state index contributed by atoms with van der Waals surface area (Å²) in [6.07, 6.45) is 0. The highest BCUT2D eigenvalue weighted by molar-refractivity contribution is 5.96. The molecule has 0 spiro atoms. The Bertz CT molecular complexity index is 397. The van der Waals surface area contributed by atoms with Gasteiger partial charge in [-0.05, 0) is 24.6 Å². The smallest absolute Gasteiger partial charge is 0.254 e. The van der Waals surface area contributed by atoms with Gasteiger partial charge in [-0.1, -0.05) is 6.07 Å². The van der Waals surface area contributed by atoms with E-state index in [1.807, 2.05) is 24.0 Å².